The number of rotatable bonds is 5. The lowest BCUT2D eigenvalue weighted by molar-refractivity contribution is 0.0944. The second-order valence-corrected chi connectivity index (χ2v) is 5.88. The number of nitrogens with one attached hydrogen (secondary N) is 2. The van der Waals surface area contributed by atoms with Crippen molar-refractivity contribution in [2.45, 2.75) is 26.2 Å². The van der Waals surface area contributed by atoms with Crippen molar-refractivity contribution in [2.24, 2.45) is 5.92 Å². The number of carbonyl (C=O) groups excluding carboxylic acids is 1. The van der Waals surface area contributed by atoms with Gasteiger partial charge in [0.1, 0.15) is 0 Å². The van der Waals surface area contributed by atoms with Crippen LogP contribution in [0.3, 0.4) is 0 Å². The first-order chi connectivity index (χ1) is 11.3. The number of piperidine rings is 1. The smallest absolute Gasteiger partial charge is 0.254 e. The van der Waals surface area contributed by atoms with Crippen LogP contribution in [-0.4, -0.2) is 40.3 Å². The van der Waals surface area contributed by atoms with E-state index in [0.29, 0.717) is 18.0 Å². The Balaban J connectivity index is 0.00000156. The minimum Gasteiger partial charge on any atom is -0.352 e. The van der Waals surface area contributed by atoms with Gasteiger partial charge in [0.2, 0.25) is 0 Å². The Morgan fingerprint density at radius 1 is 1.40 bits per heavy atom. The predicted molar refractivity (Wildman–Crippen MR) is 103 cm³/mol. The summed E-state index contributed by atoms with van der Waals surface area (Å²) < 4.78 is 1.75. The molecule has 138 valence electrons. The second kappa shape index (κ2) is 10.4. The van der Waals surface area contributed by atoms with E-state index in [1.165, 1.54) is 12.8 Å². The van der Waals surface area contributed by atoms with Gasteiger partial charge in [-0.2, -0.15) is 5.10 Å². The fourth-order valence-corrected chi connectivity index (χ4v) is 3.01. The van der Waals surface area contributed by atoms with Crippen LogP contribution in [0.15, 0.2) is 30.6 Å². The second-order valence-electron chi connectivity index (χ2n) is 5.88. The summed E-state index contributed by atoms with van der Waals surface area (Å²) in [5.74, 6) is 1.21. The van der Waals surface area contributed by atoms with Gasteiger partial charge in [0.05, 0.1) is 17.5 Å². The van der Waals surface area contributed by atoms with Crippen LogP contribution in [0.5, 0.6) is 0 Å². The third-order valence-electron chi connectivity index (χ3n) is 4.26. The van der Waals surface area contributed by atoms with E-state index in [9.17, 15) is 4.79 Å². The SMILES string of the molecule is CCc1c(C(=O)NCC2CCCNC2)cnn1-c1ccccn1.Cl.Cl. The van der Waals surface area contributed by atoms with Crippen LogP contribution in [0.2, 0.25) is 0 Å². The maximum atomic E-state index is 12.5. The molecule has 1 amide bonds. The summed E-state index contributed by atoms with van der Waals surface area (Å²) in [6.07, 6.45) is 6.44. The van der Waals surface area contributed by atoms with E-state index in [1.807, 2.05) is 25.1 Å². The zero-order valence-electron chi connectivity index (χ0n) is 14.3. The van der Waals surface area contributed by atoms with Gasteiger partial charge in [0.15, 0.2) is 5.82 Å². The molecule has 8 heteroatoms. The molecule has 2 aromatic rings. The van der Waals surface area contributed by atoms with Gasteiger partial charge in [-0.1, -0.05) is 13.0 Å². The van der Waals surface area contributed by atoms with Gasteiger partial charge >= 0.3 is 0 Å². The Morgan fingerprint density at radius 3 is 2.88 bits per heavy atom. The van der Waals surface area contributed by atoms with E-state index < -0.39 is 0 Å². The monoisotopic (exact) mass is 385 g/mol. The molecule has 1 saturated heterocycles. The Kier molecular flexibility index (Phi) is 8.89. The molecule has 2 N–H and O–H groups in total. The van der Waals surface area contributed by atoms with Gasteiger partial charge in [-0.3, -0.25) is 4.79 Å². The minimum atomic E-state index is -0.0467. The Hall–Kier alpha value is -1.63. The highest BCUT2D eigenvalue weighted by molar-refractivity contribution is 5.95. The molecule has 0 spiro atoms. The highest BCUT2D eigenvalue weighted by Gasteiger charge is 2.19. The fourth-order valence-electron chi connectivity index (χ4n) is 3.01. The van der Waals surface area contributed by atoms with Gasteiger partial charge in [-0.05, 0) is 50.4 Å². The zero-order valence-corrected chi connectivity index (χ0v) is 15.9. The first kappa shape index (κ1) is 21.4. The summed E-state index contributed by atoms with van der Waals surface area (Å²) in [6.45, 7) is 4.80. The van der Waals surface area contributed by atoms with Crippen molar-refractivity contribution < 1.29 is 4.79 Å². The fraction of sp³-hybridized carbons (Fsp3) is 0.471. The molecule has 2 aromatic heterocycles. The van der Waals surface area contributed by atoms with Crippen LogP contribution < -0.4 is 10.6 Å². The lowest BCUT2D eigenvalue weighted by Crippen LogP contribution is -2.38. The highest BCUT2D eigenvalue weighted by Crippen LogP contribution is 2.15. The van der Waals surface area contributed by atoms with E-state index in [-0.39, 0.29) is 30.7 Å². The number of pyridine rings is 1. The molecule has 1 aliphatic rings. The summed E-state index contributed by atoms with van der Waals surface area (Å²) in [6, 6.07) is 5.67. The molecule has 1 fully saturated rings. The van der Waals surface area contributed by atoms with E-state index in [0.717, 1.165) is 31.0 Å². The largest absolute Gasteiger partial charge is 0.352 e. The van der Waals surface area contributed by atoms with E-state index in [2.05, 4.69) is 20.7 Å². The molecule has 0 saturated carbocycles. The topological polar surface area (TPSA) is 71.8 Å². The zero-order chi connectivity index (χ0) is 16.1. The lowest BCUT2D eigenvalue weighted by atomic mass is 9.99. The Labute approximate surface area is 160 Å². The number of amides is 1. The van der Waals surface area contributed by atoms with Crippen molar-refractivity contribution in [3.05, 3.63) is 41.9 Å². The number of hydrogen-bond donors (Lipinski definition) is 2. The molecule has 1 aliphatic heterocycles. The van der Waals surface area contributed by atoms with E-state index in [1.54, 1.807) is 17.1 Å². The first-order valence-electron chi connectivity index (χ1n) is 8.26. The molecule has 0 radical (unpaired) electrons. The van der Waals surface area contributed by atoms with Crippen LogP contribution in [0.25, 0.3) is 5.82 Å². The maximum Gasteiger partial charge on any atom is 0.254 e. The Bertz CT molecular complexity index is 656. The number of aromatic nitrogens is 3. The van der Waals surface area contributed by atoms with Gasteiger partial charge in [0, 0.05) is 12.7 Å². The molecule has 1 atom stereocenters. The van der Waals surface area contributed by atoms with Crippen molar-refractivity contribution in [2.75, 3.05) is 19.6 Å². The highest BCUT2D eigenvalue weighted by atomic mass is 35.5. The van der Waals surface area contributed by atoms with Gasteiger partial charge in [-0.15, -0.1) is 24.8 Å². The van der Waals surface area contributed by atoms with Crippen LogP contribution in [0, 0.1) is 5.92 Å². The summed E-state index contributed by atoms with van der Waals surface area (Å²) in [5.41, 5.74) is 1.53. The first-order valence-corrected chi connectivity index (χ1v) is 8.26. The molecule has 0 bridgehead atoms. The molecule has 3 heterocycles. The summed E-state index contributed by atoms with van der Waals surface area (Å²) in [4.78, 5) is 16.8. The van der Waals surface area contributed by atoms with E-state index in [4.69, 9.17) is 0 Å². The number of hydrogen-bond acceptors (Lipinski definition) is 4. The van der Waals surface area contributed by atoms with Crippen molar-refractivity contribution in [1.82, 2.24) is 25.4 Å². The normalized spacial score (nSPS) is 16.4. The number of nitrogens with zero attached hydrogens (tertiary/aromatic N) is 3. The quantitative estimate of drug-likeness (QED) is 0.828. The molecule has 0 aliphatic carbocycles. The molecule has 25 heavy (non-hydrogen) atoms. The predicted octanol–water partition coefficient (Wildman–Crippen LogP) is 2.40. The molecule has 1 unspecified atom stereocenters. The van der Waals surface area contributed by atoms with Crippen LogP contribution in [0.1, 0.15) is 35.8 Å². The van der Waals surface area contributed by atoms with Crippen LogP contribution in [0.4, 0.5) is 0 Å². The average Bonchev–Trinajstić information content (AvgIpc) is 3.05. The number of halogens is 2. The molecule has 0 aromatic carbocycles. The van der Waals surface area contributed by atoms with Gasteiger partial charge in [-0.25, -0.2) is 9.67 Å². The van der Waals surface area contributed by atoms with Crippen molar-refractivity contribution in [3.8, 4) is 5.82 Å². The molecular formula is C17H25Cl2N5O. The third-order valence-corrected chi connectivity index (χ3v) is 4.26. The van der Waals surface area contributed by atoms with Gasteiger partial charge in [0.25, 0.3) is 5.91 Å². The van der Waals surface area contributed by atoms with E-state index >= 15 is 0 Å². The third kappa shape index (κ3) is 5.17. The lowest BCUT2D eigenvalue weighted by Gasteiger charge is -2.22. The molecular weight excluding hydrogens is 361 g/mol. The summed E-state index contributed by atoms with van der Waals surface area (Å²) in [5, 5.41) is 10.8. The van der Waals surface area contributed by atoms with Crippen LogP contribution in [-0.2, 0) is 6.42 Å². The number of carbonyl (C=O) groups is 1. The van der Waals surface area contributed by atoms with Crippen molar-refractivity contribution >= 4 is 30.7 Å². The molecule has 6 nitrogen and oxygen atoms in total. The van der Waals surface area contributed by atoms with Gasteiger partial charge < -0.3 is 10.6 Å². The summed E-state index contributed by atoms with van der Waals surface area (Å²) in [7, 11) is 0. The Morgan fingerprint density at radius 2 is 2.24 bits per heavy atom. The van der Waals surface area contributed by atoms with Crippen molar-refractivity contribution in [1.29, 1.82) is 0 Å². The minimum absolute atomic E-state index is 0. The van der Waals surface area contributed by atoms with Crippen LogP contribution >= 0.6 is 24.8 Å². The average molecular weight is 386 g/mol. The maximum absolute atomic E-state index is 12.5. The molecule has 3 rings (SSSR count). The summed E-state index contributed by atoms with van der Waals surface area (Å²) >= 11 is 0. The standard InChI is InChI=1S/C17H23N5O.2ClH/c1-2-15-14(12-21-22(15)16-7-3-4-9-19-16)17(23)20-11-13-6-5-8-18-10-13;;/h3-4,7,9,12-13,18H,2,5-6,8,10-11H2,1H3,(H,20,23);2*1H. The van der Waals surface area contributed by atoms with Crippen molar-refractivity contribution in [3.63, 3.8) is 0 Å².